The molecule has 3 rings (SSSR count). The molecule has 2 fully saturated rings. The van der Waals surface area contributed by atoms with Gasteiger partial charge >= 0.3 is 0 Å². The van der Waals surface area contributed by atoms with E-state index in [0.717, 1.165) is 31.1 Å². The predicted octanol–water partition coefficient (Wildman–Crippen LogP) is -0.619. The van der Waals surface area contributed by atoms with Crippen molar-refractivity contribution in [2.45, 2.75) is 55.7 Å². The molecule has 3 aliphatic rings. The number of hydrogen-bond acceptors (Lipinski definition) is 7. The average Bonchev–Trinajstić information content (AvgIpc) is 3.01. The Hall–Kier alpha value is -0.340. The number of rotatable bonds is 1. The summed E-state index contributed by atoms with van der Waals surface area (Å²) in [6, 6.07) is -0.439. The van der Waals surface area contributed by atoms with Crippen LogP contribution in [0.25, 0.3) is 0 Å². The molecule has 6 unspecified atom stereocenters. The van der Waals surface area contributed by atoms with Crippen LogP contribution in [0.1, 0.15) is 19.8 Å². The minimum atomic E-state index is -1.09. The van der Waals surface area contributed by atoms with Crippen molar-refractivity contribution in [3.8, 4) is 0 Å². The van der Waals surface area contributed by atoms with Gasteiger partial charge in [0.15, 0.2) is 5.17 Å². The zero-order chi connectivity index (χ0) is 13.6. The molecular weight excluding hydrogens is 268 g/mol. The van der Waals surface area contributed by atoms with Gasteiger partial charge in [-0.3, -0.25) is 4.99 Å². The molecule has 0 saturated carbocycles. The zero-order valence-electron chi connectivity index (χ0n) is 10.8. The number of fused-ring (bicyclic) bond motifs is 1. The summed E-state index contributed by atoms with van der Waals surface area (Å²) in [6.45, 7) is 3.54. The van der Waals surface area contributed by atoms with Crippen LogP contribution in [0, 0.1) is 0 Å². The molecule has 6 nitrogen and oxygen atoms in total. The minimum absolute atomic E-state index is 0.311. The number of amidine groups is 1. The van der Waals surface area contributed by atoms with Crippen LogP contribution in [0.5, 0.6) is 0 Å². The van der Waals surface area contributed by atoms with Gasteiger partial charge in [-0.1, -0.05) is 11.8 Å². The van der Waals surface area contributed by atoms with Gasteiger partial charge in [0, 0.05) is 13.1 Å². The van der Waals surface area contributed by atoms with Crippen LogP contribution >= 0.6 is 11.8 Å². The van der Waals surface area contributed by atoms with Crippen LogP contribution in [0.15, 0.2) is 4.99 Å². The fourth-order valence-corrected chi connectivity index (χ4v) is 4.10. The third-order valence-corrected chi connectivity index (χ3v) is 5.14. The third kappa shape index (κ3) is 2.38. The molecule has 6 atom stereocenters. The van der Waals surface area contributed by atoms with Gasteiger partial charge in [-0.25, -0.2) is 0 Å². The summed E-state index contributed by atoms with van der Waals surface area (Å²) in [5, 5.41) is 30.6. The minimum Gasteiger partial charge on any atom is -0.391 e. The summed E-state index contributed by atoms with van der Waals surface area (Å²) in [5.74, 6) is 0. The molecule has 3 aliphatic heterocycles. The van der Waals surface area contributed by atoms with E-state index in [1.54, 1.807) is 6.92 Å². The molecule has 0 aromatic heterocycles. The van der Waals surface area contributed by atoms with Gasteiger partial charge < -0.3 is 25.0 Å². The van der Waals surface area contributed by atoms with Gasteiger partial charge in [0.1, 0.15) is 29.8 Å². The maximum atomic E-state index is 10.1. The highest BCUT2D eigenvalue weighted by Gasteiger charge is 2.50. The molecule has 0 bridgehead atoms. The summed E-state index contributed by atoms with van der Waals surface area (Å²) < 4.78 is 5.71. The van der Waals surface area contributed by atoms with Crippen molar-refractivity contribution in [3.63, 3.8) is 0 Å². The number of likely N-dealkylation sites (tertiary alicyclic amines) is 1. The van der Waals surface area contributed by atoms with Gasteiger partial charge in [0.05, 0.1) is 6.10 Å². The van der Waals surface area contributed by atoms with E-state index >= 15 is 0 Å². The van der Waals surface area contributed by atoms with E-state index in [4.69, 9.17) is 4.74 Å². The van der Waals surface area contributed by atoms with Gasteiger partial charge in [0.25, 0.3) is 0 Å². The fraction of sp³-hybridized carbons (Fsp3) is 0.917. The van der Waals surface area contributed by atoms with Crippen LogP contribution < -0.4 is 0 Å². The Morgan fingerprint density at radius 2 is 2.00 bits per heavy atom. The van der Waals surface area contributed by atoms with E-state index in [1.807, 2.05) is 0 Å². The molecule has 108 valence electrons. The largest absolute Gasteiger partial charge is 0.391 e. The monoisotopic (exact) mass is 288 g/mol. The van der Waals surface area contributed by atoms with Crippen LogP contribution in [0.4, 0.5) is 0 Å². The molecule has 2 saturated heterocycles. The number of nitrogens with zero attached hydrogens (tertiary/aromatic N) is 2. The Labute approximate surface area is 116 Å². The fourth-order valence-electron chi connectivity index (χ4n) is 2.83. The molecule has 3 heterocycles. The summed E-state index contributed by atoms with van der Waals surface area (Å²) in [4.78, 5) is 6.70. The van der Waals surface area contributed by atoms with Crippen molar-refractivity contribution in [2.24, 2.45) is 4.99 Å². The summed E-state index contributed by atoms with van der Waals surface area (Å²) in [6.07, 6.45) is -1.32. The normalized spacial score (nSPS) is 44.1. The number of thioether (sulfide) groups is 1. The van der Waals surface area contributed by atoms with Crippen LogP contribution in [-0.2, 0) is 4.74 Å². The Bertz CT molecular complexity index is 373. The van der Waals surface area contributed by atoms with Crippen molar-refractivity contribution >= 4 is 16.9 Å². The number of aliphatic imine (C=N–C) groups is 1. The smallest absolute Gasteiger partial charge is 0.162 e. The Kier molecular flexibility index (Phi) is 3.74. The van der Waals surface area contributed by atoms with Crippen molar-refractivity contribution < 1.29 is 20.1 Å². The predicted molar refractivity (Wildman–Crippen MR) is 72.0 cm³/mol. The van der Waals surface area contributed by atoms with Crippen LogP contribution in [-0.4, -0.2) is 74.4 Å². The number of ether oxygens (including phenoxy) is 1. The average molecular weight is 288 g/mol. The molecule has 0 aromatic rings. The molecule has 0 spiro atoms. The molecule has 0 aromatic carbocycles. The second-order valence-electron chi connectivity index (χ2n) is 5.41. The highest BCUT2D eigenvalue weighted by molar-refractivity contribution is 8.14. The number of aliphatic hydroxyl groups is 3. The zero-order valence-corrected chi connectivity index (χ0v) is 11.7. The second-order valence-corrected chi connectivity index (χ2v) is 6.47. The first-order valence-electron chi connectivity index (χ1n) is 6.77. The maximum absolute atomic E-state index is 10.1. The molecule has 7 heteroatoms. The SMILES string of the molecule is CC(O)C1OC2SC(N3CCCC3)=NC2C(O)C1O. The molecule has 0 radical (unpaired) electrons. The van der Waals surface area contributed by atoms with E-state index in [1.165, 1.54) is 11.8 Å². The quantitative estimate of drug-likeness (QED) is 0.596. The lowest BCUT2D eigenvalue weighted by atomic mass is 9.95. The van der Waals surface area contributed by atoms with E-state index in [9.17, 15) is 15.3 Å². The molecule has 19 heavy (non-hydrogen) atoms. The van der Waals surface area contributed by atoms with E-state index in [0.29, 0.717) is 0 Å². The van der Waals surface area contributed by atoms with E-state index < -0.39 is 30.5 Å². The van der Waals surface area contributed by atoms with Crippen molar-refractivity contribution in [3.05, 3.63) is 0 Å². The topological polar surface area (TPSA) is 85.5 Å². The highest BCUT2D eigenvalue weighted by atomic mass is 32.2. The Morgan fingerprint density at radius 3 is 2.63 bits per heavy atom. The van der Waals surface area contributed by atoms with Crippen molar-refractivity contribution in [1.29, 1.82) is 0 Å². The van der Waals surface area contributed by atoms with Gasteiger partial charge in [-0.05, 0) is 19.8 Å². The summed E-state index contributed by atoms with van der Waals surface area (Å²) >= 11 is 1.49. The third-order valence-electron chi connectivity index (χ3n) is 3.94. The summed E-state index contributed by atoms with van der Waals surface area (Å²) in [7, 11) is 0. The van der Waals surface area contributed by atoms with Crippen LogP contribution in [0.2, 0.25) is 0 Å². The summed E-state index contributed by atoms with van der Waals surface area (Å²) in [5.41, 5.74) is -0.311. The lowest BCUT2D eigenvalue weighted by Gasteiger charge is -2.39. The van der Waals surface area contributed by atoms with E-state index in [-0.39, 0.29) is 5.44 Å². The standard InChI is InChI=1S/C12H20N2O4S/c1-6(15)10-9(17)8(16)7-11(18-10)19-12(13-7)14-4-2-3-5-14/h6-11,15-17H,2-5H2,1H3. The Balaban J connectivity index is 1.75. The number of aliphatic hydroxyl groups excluding tert-OH is 3. The molecule has 0 amide bonds. The molecular formula is C12H20N2O4S. The van der Waals surface area contributed by atoms with Gasteiger partial charge in [-0.2, -0.15) is 0 Å². The van der Waals surface area contributed by atoms with Crippen molar-refractivity contribution in [2.75, 3.05) is 13.1 Å². The van der Waals surface area contributed by atoms with Gasteiger partial charge in [-0.15, -0.1) is 0 Å². The van der Waals surface area contributed by atoms with Gasteiger partial charge in [0.2, 0.25) is 0 Å². The first-order valence-corrected chi connectivity index (χ1v) is 7.65. The second kappa shape index (κ2) is 5.21. The van der Waals surface area contributed by atoms with Crippen LogP contribution in [0.3, 0.4) is 0 Å². The first-order chi connectivity index (χ1) is 9.08. The first kappa shape index (κ1) is 13.6. The lowest BCUT2D eigenvalue weighted by molar-refractivity contribution is -0.181. The maximum Gasteiger partial charge on any atom is 0.162 e. The molecule has 0 aliphatic carbocycles. The lowest BCUT2D eigenvalue weighted by Crippen LogP contribution is -2.57. The molecule has 3 N–H and O–H groups in total. The highest BCUT2D eigenvalue weighted by Crippen LogP contribution is 2.38. The van der Waals surface area contributed by atoms with E-state index in [2.05, 4.69) is 9.89 Å². The Morgan fingerprint density at radius 1 is 1.32 bits per heavy atom. The van der Waals surface area contributed by atoms with Crippen molar-refractivity contribution in [1.82, 2.24) is 4.90 Å². The number of hydrogen-bond donors (Lipinski definition) is 3.